The molecule has 0 saturated carbocycles. The van der Waals surface area contributed by atoms with Crippen molar-refractivity contribution in [3.05, 3.63) is 59.3 Å². The monoisotopic (exact) mass is 405 g/mol. The fraction of sp³-hybridized carbons (Fsp3) is 0.375. The fourth-order valence-electron chi connectivity index (χ4n) is 3.94. The lowest BCUT2D eigenvalue weighted by Gasteiger charge is -2.22. The highest BCUT2D eigenvalue weighted by Gasteiger charge is 2.29. The van der Waals surface area contributed by atoms with E-state index < -0.39 is 0 Å². The molecule has 156 valence electrons. The zero-order chi connectivity index (χ0) is 20.9. The Hall–Kier alpha value is -3.15. The van der Waals surface area contributed by atoms with Crippen LogP contribution in [0.4, 0.5) is 5.69 Å². The van der Waals surface area contributed by atoms with Crippen LogP contribution in [-0.4, -0.2) is 29.9 Å². The van der Waals surface area contributed by atoms with Crippen molar-refractivity contribution in [2.45, 2.75) is 45.4 Å². The average molecular weight is 405 g/mol. The molecule has 0 radical (unpaired) electrons. The molecular formula is C24H27N3O3. The number of anilines is 1. The normalized spacial score (nSPS) is 15.4. The first kappa shape index (κ1) is 20.1. The number of ether oxygens (including phenoxy) is 1. The molecule has 1 N–H and O–H groups in total. The Bertz CT molecular complexity index is 983. The number of pyridine rings is 1. The zero-order valence-electron chi connectivity index (χ0n) is 17.3. The van der Waals surface area contributed by atoms with Crippen LogP contribution in [-0.2, 0) is 4.79 Å². The standard InChI is InChI=1S/C24H27N3O3/c1-17-9-10-21-20(16-17)27(24(29)19-8-5-13-26-23(19)30-21)15-12-22(28)25-14-11-18-6-3-2-4-7-18/h5-6,8-10,13,16H,2-4,7,11-12,14-15H2,1H3,(H,25,28). The molecule has 2 heterocycles. The van der Waals surface area contributed by atoms with Gasteiger partial charge in [-0.2, -0.15) is 0 Å². The number of benzene rings is 1. The summed E-state index contributed by atoms with van der Waals surface area (Å²) >= 11 is 0. The number of allylic oxidation sites excluding steroid dienone is 1. The second kappa shape index (κ2) is 9.11. The van der Waals surface area contributed by atoms with Crippen LogP contribution in [0, 0.1) is 6.92 Å². The Morgan fingerprint density at radius 3 is 3.00 bits per heavy atom. The molecule has 2 amide bonds. The van der Waals surface area contributed by atoms with Gasteiger partial charge in [0.25, 0.3) is 5.91 Å². The lowest BCUT2D eigenvalue weighted by atomic mass is 9.97. The van der Waals surface area contributed by atoms with Crippen molar-refractivity contribution < 1.29 is 14.3 Å². The lowest BCUT2D eigenvalue weighted by molar-refractivity contribution is -0.120. The Labute approximate surface area is 176 Å². The van der Waals surface area contributed by atoms with E-state index in [0.717, 1.165) is 24.8 Å². The molecule has 2 aliphatic rings. The van der Waals surface area contributed by atoms with Crippen molar-refractivity contribution in [3.63, 3.8) is 0 Å². The number of hydrogen-bond acceptors (Lipinski definition) is 4. The molecule has 0 bridgehead atoms. The van der Waals surface area contributed by atoms with Crippen LogP contribution in [0.5, 0.6) is 11.6 Å². The summed E-state index contributed by atoms with van der Waals surface area (Å²) in [6.45, 7) is 2.89. The van der Waals surface area contributed by atoms with E-state index in [1.54, 1.807) is 23.2 Å². The predicted molar refractivity (Wildman–Crippen MR) is 116 cm³/mol. The van der Waals surface area contributed by atoms with Crippen molar-refractivity contribution in [2.24, 2.45) is 0 Å². The van der Waals surface area contributed by atoms with Gasteiger partial charge in [0, 0.05) is 25.7 Å². The van der Waals surface area contributed by atoms with Gasteiger partial charge in [0.2, 0.25) is 11.8 Å². The van der Waals surface area contributed by atoms with Crippen LogP contribution < -0.4 is 15.0 Å². The van der Waals surface area contributed by atoms with Crippen molar-refractivity contribution in [1.29, 1.82) is 0 Å². The maximum Gasteiger partial charge on any atom is 0.263 e. The number of hydrogen-bond donors (Lipinski definition) is 1. The zero-order valence-corrected chi connectivity index (χ0v) is 17.3. The molecule has 1 aliphatic heterocycles. The second-order valence-corrected chi connectivity index (χ2v) is 7.84. The summed E-state index contributed by atoms with van der Waals surface area (Å²) in [7, 11) is 0. The quantitative estimate of drug-likeness (QED) is 0.716. The summed E-state index contributed by atoms with van der Waals surface area (Å²) < 4.78 is 5.92. The van der Waals surface area contributed by atoms with Crippen LogP contribution in [0.25, 0.3) is 0 Å². The van der Waals surface area contributed by atoms with Crippen molar-refractivity contribution in [2.75, 3.05) is 18.0 Å². The summed E-state index contributed by atoms with van der Waals surface area (Å²) in [5.74, 6) is 0.601. The summed E-state index contributed by atoms with van der Waals surface area (Å²) in [5, 5.41) is 2.99. The average Bonchev–Trinajstić information content (AvgIpc) is 2.87. The minimum absolute atomic E-state index is 0.0509. The number of fused-ring (bicyclic) bond motifs is 2. The molecule has 1 aromatic heterocycles. The van der Waals surface area contributed by atoms with Crippen molar-refractivity contribution in [3.8, 4) is 11.6 Å². The Kier molecular flexibility index (Phi) is 6.12. The number of carbonyl (C=O) groups excluding carboxylic acids is 2. The highest BCUT2D eigenvalue weighted by Crippen LogP contribution is 2.38. The first-order valence-corrected chi connectivity index (χ1v) is 10.6. The highest BCUT2D eigenvalue weighted by atomic mass is 16.5. The maximum absolute atomic E-state index is 13.2. The Morgan fingerprint density at radius 2 is 2.17 bits per heavy atom. The fourth-order valence-corrected chi connectivity index (χ4v) is 3.94. The van der Waals surface area contributed by atoms with Gasteiger partial charge in [-0.3, -0.25) is 9.59 Å². The van der Waals surface area contributed by atoms with E-state index in [9.17, 15) is 9.59 Å². The van der Waals surface area contributed by atoms with Crippen LogP contribution in [0.15, 0.2) is 48.2 Å². The molecule has 0 saturated heterocycles. The number of amides is 2. The molecular weight excluding hydrogens is 378 g/mol. The molecule has 0 atom stereocenters. The van der Waals surface area contributed by atoms with Gasteiger partial charge >= 0.3 is 0 Å². The predicted octanol–water partition coefficient (Wildman–Crippen LogP) is 4.54. The number of carbonyl (C=O) groups is 2. The van der Waals surface area contributed by atoms with E-state index >= 15 is 0 Å². The largest absolute Gasteiger partial charge is 0.436 e. The second-order valence-electron chi connectivity index (χ2n) is 7.84. The molecule has 6 nitrogen and oxygen atoms in total. The SMILES string of the molecule is Cc1ccc2c(c1)N(CCC(=O)NCCC1=CCCCC1)C(=O)c1cccnc1O2. The van der Waals surface area contributed by atoms with Crippen LogP contribution in [0.3, 0.4) is 0 Å². The summed E-state index contributed by atoms with van der Waals surface area (Å²) in [5.41, 5.74) is 3.52. The van der Waals surface area contributed by atoms with Crippen LogP contribution in [0.1, 0.15) is 54.4 Å². The maximum atomic E-state index is 13.2. The van der Waals surface area contributed by atoms with Crippen LogP contribution >= 0.6 is 0 Å². The first-order valence-electron chi connectivity index (χ1n) is 10.6. The number of nitrogens with one attached hydrogen (secondary N) is 1. The van der Waals surface area contributed by atoms with E-state index in [2.05, 4.69) is 16.4 Å². The molecule has 4 rings (SSSR count). The van der Waals surface area contributed by atoms with Gasteiger partial charge < -0.3 is 15.0 Å². The molecule has 0 unspecified atom stereocenters. The number of aryl methyl sites for hydroxylation is 1. The first-order chi connectivity index (χ1) is 14.6. The molecule has 1 aliphatic carbocycles. The van der Waals surface area contributed by atoms with Crippen molar-refractivity contribution in [1.82, 2.24) is 10.3 Å². The van der Waals surface area contributed by atoms with E-state index in [-0.39, 0.29) is 24.8 Å². The van der Waals surface area contributed by atoms with Gasteiger partial charge in [-0.25, -0.2) is 4.98 Å². The van der Waals surface area contributed by atoms with Gasteiger partial charge in [-0.1, -0.05) is 17.7 Å². The number of rotatable bonds is 6. The molecule has 2 aromatic rings. The van der Waals surface area contributed by atoms with Crippen LogP contribution in [0.2, 0.25) is 0 Å². The summed E-state index contributed by atoms with van der Waals surface area (Å²) in [4.78, 5) is 31.5. The third kappa shape index (κ3) is 4.53. The Morgan fingerprint density at radius 1 is 1.27 bits per heavy atom. The van der Waals surface area contributed by atoms with Gasteiger partial charge in [-0.15, -0.1) is 0 Å². The third-order valence-electron chi connectivity index (χ3n) is 5.57. The van der Waals surface area contributed by atoms with Gasteiger partial charge in [0.05, 0.1) is 5.69 Å². The summed E-state index contributed by atoms with van der Waals surface area (Å²) in [6, 6.07) is 9.10. The lowest BCUT2D eigenvalue weighted by Crippen LogP contribution is -2.35. The molecule has 30 heavy (non-hydrogen) atoms. The van der Waals surface area contributed by atoms with E-state index in [0.29, 0.717) is 29.4 Å². The summed E-state index contributed by atoms with van der Waals surface area (Å²) in [6.07, 6.45) is 9.84. The molecule has 0 spiro atoms. The minimum Gasteiger partial charge on any atom is -0.436 e. The minimum atomic E-state index is -0.206. The molecule has 0 fully saturated rings. The number of aromatic nitrogens is 1. The smallest absolute Gasteiger partial charge is 0.263 e. The Balaban J connectivity index is 1.44. The third-order valence-corrected chi connectivity index (χ3v) is 5.57. The highest BCUT2D eigenvalue weighted by molar-refractivity contribution is 6.09. The van der Waals surface area contributed by atoms with Gasteiger partial charge in [-0.05, 0) is 68.9 Å². The number of nitrogens with zero attached hydrogens (tertiary/aromatic N) is 2. The van der Waals surface area contributed by atoms with E-state index in [4.69, 9.17) is 4.74 Å². The van der Waals surface area contributed by atoms with Crippen molar-refractivity contribution >= 4 is 17.5 Å². The van der Waals surface area contributed by atoms with E-state index in [1.807, 2.05) is 25.1 Å². The van der Waals surface area contributed by atoms with Gasteiger partial charge in [0.1, 0.15) is 5.56 Å². The molecule has 1 aromatic carbocycles. The molecule has 6 heteroatoms. The van der Waals surface area contributed by atoms with Gasteiger partial charge in [0.15, 0.2) is 5.75 Å². The van der Waals surface area contributed by atoms with E-state index in [1.165, 1.54) is 18.4 Å². The topological polar surface area (TPSA) is 71.5 Å².